The molecule has 0 spiro atoms. The molecule has 0 atom stereocenters. The lowest BCUT2D eigenvalue weighted by molar-refractivity contribution is 0.593. The molecule has 0 radical (unpaired) electrons. The molecule has 0 saturated heterocycles. The Bertz CT molecular complexity index is 466. The summed E-state index contributed by atoms with van der Waals surface area (Å²) in [4.78, 5) is 4.98. The Labute approximate surface area is 106 Å². The van der Waals surface area contributed by atoms with Crippen LogP contribution >= 0.6 is 11.3 Å². The zero-order valence-corrected chi connectivity index (χ0v) is 11.4. The summed E-state index contributed by atoms with van der Waals surface area (Å²) in [7, 11) is -3.24. The first-order chi connectivity index (χ1) is 8.05. The van der Waals surface area contributed by atoms with E-state index < -0.39 is 10.0 Å². The molecule has 5 nitrogen and oxygen atoms in total. The minimum atomic E-state index is -3.24. The maximum Gasteiger partial charge on any atom is 0.234 e. The molecule has 0 aliphatic heterocycles. The van der Waals surface area contributed by atoms with E-state index in [1.807, 2.05) is 6.92 Å². The third-order valence-electron chi connectivity index (χ3n) is 2.46. The van der Waals surface area contributed by atoms with Crippen LogP contribution in [0, 0.1) is 6.92 Å². The number of nitrogens with one attached hydrogen (secondary N) is 2. The maximum absolute atomic E-state index is 11.7. The average Bonchev–Trinajstić information content (AvgIpc) is 2.98. The van der Waals surface area contributed by atoms with Gasteiger partial charge in [-0.15, -0.1) is 11.3 Å². The van der Waals surface area contributed by atoms with Crippen LogP contribution in [0.5, 0.6) is 0 Å². The molecule has 2 rings (SSSR count). The molecule has 2 N–H and O–H groups in total. The lowest BCUT2D eigenvalue weighted by Crippen LogP contribution is -2.23. The molecule has 1 aliphatic carbocycles. The fourth-order valence-corrected chi connectivity index (χ4v) is 3.45. The molecule has 0 unspecified atom stereocenters. The Morgan fingerprint density at radius 2 is 2.29 bits per heavy atom. The molecule has 1 aliphatic rings. The third-order valence-corrected chi connectivity index (χ3v) is 4.75. The van der Waals surface area contributed by atoms with Crippen LogP contribution in [-0.2, 0) is 10.0 Å². The molecule has 1 aromatic rings. The predicted octanol–water partition coefficient (Wildman–Crippen LogP) is 1.34. The summed E-state index contributed by atoms with van der Waals surface area (Å²) in [6, 6.07) is 0.632. The normalized spacial score (nSPS) is 16.1. The van der Waals surface area contributed by atoms with Crippen molar-refractivity contribution in [3.05, 3.63) is 11.1 Å². The van der Waals surface area contributed by atoms with Crippen LogP contribution in [0.2, 0.25) is 0 Å². The summed E-state index contributed by atoms with van der Waals surface area (Å²) < 4.78 is 25.9. The molecule has 7 heteroatoms. The van der Waals surface area contributed by atoms with Crippen molar-refractivity contribution in [3.63, 3.8) is 0 Å². The molecule has 0 bridgehead atoms. The van der Waals surface area contributed by atoms with E-state index in [0.717, 1.165) is 11.4 Å². The number of hydrogen-bond donors (Lipinski definition) is 2. The van der Waals surface area contributed by atoms with E-state index in [-0.39, 0.29) is 5.75 Å². The summed E-state index contributed by atoms with van der Waals surface area (Å²) in [5, 5.41) is 3.75. The second-order valence-corrected chi connectivity index (χ2v) is 7.36. The van der Waals surface area contributed by atoms with Gasteiger partial charge in [-0.2, -0.15) is 0 Å². The summed E-state index contributed by atoms with van der Waals surface area (Å²) in [5.74, 6) is 0.144. The van der Waals surface area contributed by atoms with Crippen molar-refractivity contribution in [2.24, 2.45) is 0 Å². The Morgan fingerprint density at radius 1 is 1.53 bits per heavy atom. The zero-order valence-electron chi connectivity index (χ0n) is 9.77. The van der Waals surface area contributed by atoms with Crippen LogP contribution in [0.4, 0.5) is 5.13 Å². The average molecular weight is 275 g/mol. The number of anilines is 1. The highest BCUT2D eigenvalue weighted by atomic mass is 32.2. The summed E-state index contributed by atoms with van der Waals surface area (Å²) in [6.45, 7) is 2.66. The van der Waals surface area contributed by atoms with Crippen molar-refractivity contribution in [2.75, 3.05) is 17.0 Å². The van der Waals surface area contributed by atoms with Gasteiger partial charge in [0.1, 0.15) is 0 Å². The largest absolute Gasteiger partial charge is 0.314 e. The van der Waals surface area contributed by atoms with Gasteiger partial charge in [-0.25, -0.2) is 13.4 Å². The molecule has 0 amide bonds. The Hall–Kier alpha value is -0.660. The van der Waals surface area contributed by atoms with E-state index in [9.17, 15) is 8.42 Å². The number of hydrogen-bond acceptors (Lipinski definition) is 5. The minimum absolute atomic E-state index is 0.144. The van der Waals surface area contributed by atoms with Crippen LogP contribution < -0.4 is 10.0 Å². The number of aryl methyl sites for hydroxylation is 1. The topological polar surface area (TPSA) is 71.1 Å². The van der Waals surface area contributed by atoms with Crippen LogP contribution in [0.15, 0.2) is 6.20 Å². The summed E-state index contributed by atoms with van der Waals surface area (Å²) in [6.07, 6.45) is 4.75. The van der Waals surface area contributed by atoms with Gasteiger partial charge in [0.25, 0.3) is 0 Å². The van der Waals surface area contributed by atoms with Crippen LogP contribution in [0.25, 0.3) is 0 Å². The van der Waals surface area contributed by atoms with Gasteiger partial charge in [0.05, 0.1) is 5.75 Å². The van der Waals surface area contributed by atoms with Crippen LogP contribution in [-0.4, -0.2) is 31.7 Å². The van der Waals surface area contributed by atoms with E-state index in [2.05, 4.69) is 15.0 Å². The lowest BCUT2D eigenvalue weighted by atomic mass is 10.5. The highest BCUT2D eigenvalue weighted by Crippen LogP contribution is 2.19. The molecule has 17 heavy (non-hydrogen) atoms. The highest BCUT2D eigenvalue weighted by molar-refractivity contribution is 7.92. The molecule has 1 aromatic heterocycles. The first kappa shape index (κ1) is 12.8. The maximum atomic E-state index is 11.7. The predicted molar refractivity (Wildman–Crippen MR) is 69.9 cm³/mol. The Kier molecular flexibility index (Phi) is 4.01. The fraction of sp³-hybridized carbons (Fsp3) is 0.700. The number of sulfonamides is 1. The van der Waals surface area contributed by atoms with Gasteiger partial charge in [-0.3, -0.25) is 4.72 Å². The smallest absolute Gasteiger partial charge is 0.234 e. The monoisotopic (exact) mass is 275 g/mol. The number of rotatable bonds is 7. The third kappa shape index (κ3) is 4.61. The highest BCUT2D eigenvalue weighted by Gasteiger charge is 2.20. The van der Waals surface area contributed by atoms with E-state index >= 15 is 0 Å². The number of nitrogens with zero attached hydrogens (tertiary/aromatic N) is 1. The Morgan fingerprint density at radius 3 is 2.88 bits per heavy atom. The van der Waals surface area contributed by atoms with Gasteiger partial charge in [0.15, 0.2) is 5.13 Å². The van der Waals surface area contributed by atoms with E-state index in [1.165, 1.54) is 24.2 Å². The minimum Gasteiger partial charge on any atom is -0.314 e. The molecule has 1 heterocycles. The Balaban J connectivity index is 1.73. The van der Waals surface area contributed by atoms with Gasteiger partial charge in [0.2, 0.25) is 10.0 Å². The van der Waals surface area contributed by atoms with E-state index in [1.54, 1.807) is 6.20 Å². The van der Waals surface area contributed by atoms with Crippen LogP contribution in [0.1, 0.15) is 24.1 Å². The van der Waals surface area contributed by atoms with Crippen molar-refractivity contribution in [2.45, 2.75) is 32.2 Å². The molecule has 0 aromatic carbocycles. The van der Waals surface area contributed by atoms with E-state index in [4.69, 9.17) is 0 Å². The van der Waals surface area contributed by atoms with Crippen molar-refractivity contribution in [1.29, 1.82) is 0 Å². The summed E-state index contributed by atoms with van der Waals surface area (Å²) in [5.41, 5.74) is 0. The van der Waals surface area contributed by atoms with Gasteiger partial charge in [-0.1, -0.05) is 0 Å². The zero-order chi connectivity index (χ0) is 12.3. The van der Waals surface area contributed by atoms with Gasteiger partial charge >= 0.3 is 0 Å². The van der Waals surface area contributed by atoms with E-state index in [0.29, 0.717) is 17.6 Å². The van der Waals surface area contributed by atoms with Gasteiger partial charge < -0.3 is 5.32 Å². The first-order valence-electron chi connectivity index (χ1n) is 5.71. The molecule has 1 fully saturated rings. The standard InChI is InChI=1S/C10H17N3O2S2/c1-8-7-12-10(16-8)13-17(14,15)6-2-5-11-9-3-4-9/h7,9,11H,2-6H2,1H3,(H,12,13). The SMILES string of the molecule is Cc1cnc(NS(=O)(=O)CCCNC2CC2)s1. The van der Waals surface area contributed by atoms with Crippen molar-refractivity contribution in [3.8, 4) is 0 Å². The van der Waals surface area contributed by atoms with Crippen molar-refractivity contribution in [1.82, 2.24) is 10.3 Å². The van der Waals surface area contributed by atoms with Crippen LogP contribution in [0.3, 0.4) is 0 Å². The van der Waals surface area contributed by atoms with Gasteiger partial charge in [0, 0.05) is 17.1 Å². The molecular weight excluding hydrogens is 258 g/mol. The summed E-state index contributed by atoms with van der Waals surface area (Å²) >= 11 is 1.35. The number of thiazole rings is 1. The van der Waals surface area contributed by atoms with Crippen molar-refractivity contribution >= 4 is 26.5 Å². The molecule has 1 saturated carbocycles. The van der Waals surface area contributed by atoms with Gasteiger partial charge in [-0.05, 0) is 32.7 Å². The van der Waals surface area contributed by atoms with Crippen molar-refractivity contribution < 1.29 is 8.42 Å². The second kappa shape index (κ2) is 5.32. The lowest BCUT2D eigenvalue weighted by Gasteiger charge is -2.05. The molecular formula is C10H17N3O2S2. The second-order valence-electron chi connectivity index (χ2n) is 4.28. The quantitative estimate of drug-likeness (QED) is 0.737. The fourth-order valence-electron chi connectivity index (χ4n) is 1.44. The first-order valence-corrected chi connectivity index (χ1v) is 8.18. The molecule has 96 valence electrons. The number of aromatic nitrogens is 1.